The fraction of sp³-hybridized carbons (Fsp3) is 0.150. The molecule has 0 bridgehead atoms. The van der Waals surface area contributed by atoms with Gasteiger partial charge in [-0.15, -0.1) is 0 Å². The Hall–Kier alpha value is -4.01. The number of benzene rings is 2. The Morgan fingerprint density at radius 3 is 2.55 bits per heavy atom. The number of nitrogens with two attached hydrogens (primary N) is 1. The maximum atomic E-state index is 11.9. The molecule has 2 aromatic carbocycles. The summed E-state index contributed by atoms with van der Waals surface area (Å²) in [5.41, 5.74) is 8.39. The highest BCUT2D eigenvalue weighted by atomic mass is 16.7. The van der Waals surface area contributed by atoms with Crippen LogP contribution in [0.2, 0.25) is 0 Å². The molecule has 9 heteroatoms. The first kappa shape index (κ1) is 18.4. The predicted molar refractivity (Wildman–Crippen MR) is 108 cm³/mol. The number of nitrogens with zero attached hydrogens (tertiary/aromatic N) is 2. The lowest BCUT2D eigenvalue weighted by atomic mass is 10.2. The summed E-state index contributed by atoms with van der Waals surface area (Å²) in [7, 11) is 0. The molecule has 1 aliphatic rings. The third-order valence-corrected chi connectivity index (χ3v) is 4.16. The molecule has 9 nitrogen and oxygen atoms in total. The third kappa shape index (κ3) is 3.98. The minimum Gasteiger partial charge on any atom is -0.462 e. The maximum Gasteiger partial charge on any atom is 0.338 e. The Kier molecular flexibility index (Phi) is 5.02. The van der Waals surface area contributed by atoms with E-state index in [2.05, 4.69) is 20.6 Å². The number of hydrogen-bond donors (Lipinski definition) is 3. The van der Waals surface area contributed by atoms with Gasteiger partial charge in [-0.3, -0.25) is 0 Å². The Balaban J connectivity index is 1.54. The van der Waals surface area contributed by atoms with Crippen LogP contribution in [0.15, 0.2) is 48.8 Å². The van der Waals surface area contributed by atoms with Crippen LogP contribution in [0.4, 0.5) is 28.7 Å². The smallest absolute Gasteiger partial charge is 0.338 e. The molecule has 2 heterocycles. The van der Waals surface area contributed by atoms with Gasteiger partial charge in [0.15, 0.2) is 23.1 Å². The summed E-state index contributed by atoms with van der Waals surface area (Å²) in [5, 5.41) is 6.26. The van der Waals surface area contributed by atoms with E-state index in [1.807, 2.05) is 12.1 Å². The quantitative estimate of drug-likeness (QED) is 0.541. The minimum absolute atomic E-state index is 0.202. The number of nitrogens with one attached hydrogen (secondary N) is 2. The van der Waals surface area contributed by atoms with Gasteiger partial charge in [-0.25, -0.2) is 14.8 Å². The van der Waals surface area contributed by atoms with Crippen LogP contribution in [0.25, 0.3) is 0 Å². The molecular formula is C20H19N5O4. The van der Waals surface area contributed by atoms with E-state index in [0.717, 1.165) is 5.69 Å². The number of hydrogen-bond acceptors (Lipinski definition) is 9. The van der Waals surface area contributed by atoms with Crippen LogP contribution in [0.1, 0.15) is 17.3 Å². The molecule has 0 saturated heterocycles. The molecule has 1 aliphatic heterocycles. The number of fused-ring (bicyclic) bond motifs is 1. The molecule has 1 aromatic heterocycles. The minimum atomic E-state index is -0.392. The highest BCUT2D eigenvalue weighted by molar-refractivity contribution is 5.91. The zero-order valence-corrected chi connectivity index (χ0v) is 15.6. The molecule has 4 rings (SSSR count). The maximum absolute atomic E-state index is 11.9. The Labute approximate surface area is 166 Å². The number of aromatic nitrogens is 2. The number of anilines is 5. The summed E-state index contributed by atoms with van der Waals surface area (Å²) < 4.78 is 15.7. The van der Waals surface area contributed by atoms with Crippen molar-refractivity contribution in [3.05, 3.63) is 54.4 Å². The van der Waals surface area contributed by atoms with Crippen LogP contribution >= 0.6 is 0 Å². The van der Waals surface area contributed by atoms with Crippen molar-refractivity contribution in [2.75, 3.05) is 29.8 Å². The molecule has 0 fully saturated rings. The molecule has 0 aliphatic carbocycles. The second-order valence-corrected chi connectivity index (χ2v) is 6.10. The van der Waals surface area contributed by atoms with E-state index in [9.17, 15) is 4.79 Å². The normalized spacial score (nSPS) is 11.8. The molecule has 0 spiro atoms. The lowest BCUT2D eigenvalue weighted by Crippen LogP contribution is -2.07. The molecule has 0 saturated carbocycles. The monoisotopic (exact) mass is 393 g/mol. The summed E-state index contributed by atoms with van der Waals surface area (Å²) in [6, 6.07) is 12.4. The molecule has 4 N–H and O–H groups in total. The van der Waals surface area contributed by atoms with E-state index < -0.39 is 5.97 Å². The number of nitrogen functional groups attached to an aromatic ring is 1. The van der Waals surface area contributed by atoms with Crippen LogP contribution < -0.4 is 25.8 Å². The first-order valence-corrected chi connectivity index (χ1v) is 8.95. The zero-order valence-electron chi connectivity index (χ0n) is 15.6. The molecule has 148 valence electrons. The molecule has 0 radical (unpaired) electrons. The van der Waals surface area contributed by atoms with Crippen molar-refractivity contribution in [1.29, 1.82) is 0 Å². The van der Waals surface area contributed by atoms with Gasteiger partial charge in [0.1, 0.15) is 12.0 Å². The molecule has 3 aromatic rings. The Morgan fingerprint density at radius 1 is 1.07 bits per heavy atom. The first-order valence-electron chi connectivity index (χ1n) is 8.95. The second kappa shape index (κ2) is 7.93. The van der Waals surface area contributed by atoms with Gasteiger partial charge in [-0.2, -0.15) is 0 Å². The second-order valence-electron chi connectivity index (χ2n) is 6.10. The molecule has 0 atom stereocenters. The summed E-state index contributed by atoms with van der Waals surface area (Å²) in [4.78, 5) is 20.3. The van der Waals surface area contributed by atoms with E-state index >= 15 is 0 Å². The summed E-state index contributed by atoms with van der Waals surface area (Å²) in [6.45, 7) is 2.27. The van der Waals surface area contributed by atoms with Crippen molar-refractivity contribution in [3.8, 4) is 11.5 Å². The highest BCUT2D eigenvalue weighted by Crippen LogP contribution is 2.36. The molecule has 0 unspecified atom stereocenters. The molecular weight excluding hydrogens is 374 g/mol. The van der Waals surface area contributed by atoms with E-state index in [-0.39, 0.29) is 6.79 Å². The van der Waals surface area contributed by atoms with Crippen LogP contribution in [0, 0.1) is 0 Å². The highest BCUT2D eigenvalue weighted by Gasteiger charge is 2.15. The van der Waals surface area contributed by atoms with E-state index in [1.54, 1.807) is 37.3 Å². The van der Waals surface area contributed by atoms with Crippen LogP contribution in [0.3, 0.4) is 0 Å². The predicted octanol–water partition coefficient (Wildman–Crippen LogP) is 3.45. The lowest BCUT2D eigenvalue weighted by Gasteiger charge is -2.13. The van der Waals surface area contributed by atoms with Crippen molar-refractivity contribution in [2.45, 2.75) is 6.92 Å². The van der Waals surface area contributed by atoms with E-state index in [4.69, 9.17) is 19.9 Å². The summed E-state index contributed by atoms with van der Waals surface area (Å²) >= 11 is 0. The largest absolute Gasteiger partial charge is 0.462 e. The van der Waals surface area contributed by atoms with Gasteiger partial charge in [0.2, 0.25) is 6.79 Å². The SMILES string of the molecule is CCOC(=O)c1cccc(Nc2ncnc(Nc3ccc4c(c3)OCO4)c2N)c1. The van der Waals surface area contributed by atoms with Crippen molar-refractivity contribution >= 4 is 34.7 Å². The number of esters is 1. The fourth-order valence-electron chi connectivity index (χ4n) is 2.78. The average Bonchev–Trinajstić information content (AvgIpc) is 3.19. The third-order valence-electron chi connectivity index (χ3n) is 4.16. The van der Waals surface area contributed by atoms with Crippen molar-refractivity contribution < 1.29 is 19.0 Å². The fourth-order valence-corrected chi connectivity index (χ4v) is 2.78. The zero-order chi connectivity index (χ0) is 20.2. The Bertz CT molecular complexity index is 1060. The van der Waals surface area contributed by atoms with Gasteiger partial charge in [0.05, 0.1) is 12.2 Å². The van der Waals surface area contributed by atoms with Crippen molar-refractivity contribution in [1.82, 2.24) is 9.97 Å². The van der Waals surface area contributed by atoms with Crippen LogP contribution in [0.5, 0.6) is 11.5 Å². The van der Waals surface area contributed by atoms with Crippen LogP contribution in [-0.4, -0.2) is 29.3 Å². The van der Waals surface area contributed by atoms with Gasteiger partial charge in [-0.1, -0.05) is 6.07 Å². The average molecular weight is 393 g/mol. The number of carbonyl (C=O) groups is 1. The first-order chi connectivity index (χ1) is 14.1. The number of rotatable bonds is 6. The summed E-state index contributed by atoms with van der Waals surface area (Å²) in [5.74, 6) is 1.79. The number of carbonyl (C=O) groups excluding carboxylic acids is 1. The topological polar surface area (TPSA) is 121 Å². The molecule has 0 amide bonds. The van der Waals surface area contributed by atoms with Gasteiger partial charge in [0.25, 0.3) is 0 Å². The van der Waals surface area contributed by atoms with Gasteiger partial charge in [0, 0.05) is 17.4 Å². The Morgan fingerprint density at radius 2 is 1.79 bits per heavy atom. The van der Waals surface area contributed by atoms with Crippen LogP contribution in [-0.2, 0) is 4.74 Å². The lowest BCUT2D eigenvalue weighted by molar-refractivity contribution is 0.0526. The standard InChI is InChI=1S/C20H19N5O4/c1-2-27-20(26)12-4-3-5-13(8-12)24-18-17(21)19(23-10-22-18)25-14-6-7-15-16(9-14)29-11-28-15/h3-10H,2,11,21H2,1H3,(H2,22,23,24,25). The molecule has 29 heavy (non-hydrogen) atoms. The van der Waals surface area contributed by atoms with Crippen molar-refractivity contribution in [2.24, 2.45) is 0 Å². The van der Waals surface area contributed by atoms with E-state index in [0.29, 0.717) is 46.7 Å². The van der Waals surface area contributed by atoms with Gasteiger partial charge < -0.3 is 30.6 Å². The van der Waals surface area contributed by atoms with Crippen molar-refractivity contribution in [3.63, 3.8) is 0 Å². The van der Waals surface area contributed by atoms with Gasteiger partial charge in [-0.05, 0) is 37.3 Å². The number of ether oxygens (including phenoxy) is 3. The van der Waals surface area contributed by atoms with E-state index in [1.165, 1.54) is 6.33 Å². The summed E-state index contributed by atoms with van der Waals surface area (Å²) in [6.07, 6.45) is 1.39. The van der Waals surface area contributed by atoms with Gasteiger partial charge >= 0.3 is 5.97 Å².